The highest BCUT2D eigenvalue weighted by Gasteiger charge is 2.37. The molecule has 0 spiro atoms. The maximum Gasteiger partial charge on any atom is 0.573 e. The predicted octanol–water partition coefficient (Wildman–Crippen LogP) is 3.77. The van der Waals surface area contributed by atoms with Gasteiger partial charge in [0.1, 0.15) is 5.75 Å². The predicted molar refractivity (Wildman–Crippen MR) is 72.0 cm³/mol. The minimum absolute atomic E-state index is 0.121. The molecule has 0 aromatic heterocycles. The molecule has 0 aliphatic heterocycles. The quantitative estimate of drug-likeness (QED) is 0.812. The van der Waals surface area contributed by atoms with E-state index in [1.165, 1.54) is 6.07 Å². The lowest BCUT2D eigenvalue weighted by molar-refractivity contribution is -0.274. The Bertz CT molecular complexity index is 527. The third-order valence-electron chi connectivity index (χ3n) is 3.54. The van der Waals surface area contributed by atoms with Crippen LogP contribution in [0, 0.1) is 5.41 Å². The summed E-state index contributed by atoms with van der Waals surface area (Å²) in [5.74, 6) is -2.65. The Hall–Kier alpha value is -1.92. The Labute approximate surface area is 120 Å². The number of anilines is 1. The molecule has 7 heteroatoms. The van der Waals surface area contributed by atoms with Gasteiger partial charge in [0.25, 0.3) is 0 Å². The number of nitrogens with two attached hydrogens (primary N) is 1. The molecule has 3 N–H and O–H groups in total. The molecule has 0 amide bonds. The van der Waals surface area contributed by atoms with Crippen LogP contribution in [0.15, 0.2) is 18.2 Å². The molecule has 0 saturated carbocycles. The second kappa shape index (κ2) is 5.83. The van der Waals surface area contributed by atoms with E-state index >= 15 is 0 Å². The minimum atomic E-state index is -4.84. The number of hydrogen-bond acceptors (Lipinski definition) is 3. The minimum Gasteiger partial charge on any atom is -0.481 e. The van der Waals surface area contributed by atoms with Crippen LogP contribution in [-0.4, -0.2) is 17.4 Å². The Morgan fingerprint density at radius 2 is 1.95 bits per heavy atom. The smallest absolute Gasteiger partial charge is 0.481 e. The lowest BCUT2D eigenvalue weighted by Gasteiger charge is -2.31. The largest absolute Gasteiger partial charge is 0.573 e. The second-order valence-electron chi connectivity index (χ2n) is 5.45. The molecule has 1 unspecified atom stereocenters. The van der Waals surface area contributed by atoms with Gasteiger partial charge in [-0.05, 0) is 35.6 Å². The summed E-state index contributed by atoms with van der Waals surface area (Å²) in [6.07, 6.45) is -4.32. The van der Waals surface area contributed by atoms with Gasteiger partial charge in [-0.1, -0.05) is 20.8 Å². The first-order chi connectivity index (χ1) is 9.48. The molecular weight excluding hydrogens is 287 g/mol. The molecule has 0 aliphatic carbocycles. The summed E-state index contributed by atoms with van der Waals surface area (Å²) in [6.45, 7) is 5.26. The highest BCUT2D eigenvalue weighted by atomic mass is 19.4. The van der Waals surface area contributed by atoms with Gasteiger partial charge in [-0.15, -0.1) is 13.2 Å². The molecule has 118 valence electrons. The second-order valence-corrected chi connectivity index (χ2v) is 5.45. The third kappa shape index (κ3) is 4.27. The summed E-state index contributed by atoms with van der Waals surface area (Å²) in [4.78, 5) is 11.5. The fraction of sp³-hybridized carbons (Fsp3) is 0.500. The van der Waals surface area contributed by atoms with E-state index in [2.05, 4.69) is 4.74 Å². The van der Waals surface area contributed by atoms with Crippen molar-refractivity contribution >= 4 is 11.7 Å². The highest BCUT2D eigenvalue weighted by molar-refractivity contribution is 5.80. The van der Waals surface area contributed by atoms with Crippen LogP contribution < -0.4 is 10.5 Å². The molecule has 0 fully saturated rings. The lowest BCUT2D eigenvalue weighted by Crippen LogP contribution is -2.29. The van der Waals surface area contributed by atoms with Gasteiger partial charge in [0.2, 0.25) is 0 Å². The van der Waals surface area contributed by atoms with Crippen molar-refractivity contribution in [2.45, 2.75) is 39.5 Å². The number of benzene rings is 1. The Morgan fingerprint density at radius 1 is 1.38 bits per heavy atom. The molecule has 21 heavy (non-hydrogen) atoms. The van der Waals surface area contributed by atoms with E-state index in [1.54, 1.807) is 13.8 Å². The molecule has 0 saturated heterocycles. The maximum absolute atomic E-state index is 12.3. The van der Waals surface area contributed by atoms with Gasteiger partial charge >= 0.3 is 12.3 Å². The van der Waals surface area contributed by atoms with Crippen molar-refractivity contribution in [2.24, 2.45) is 5.41 Å². The fourth-order valence-electron chi connectivity index (χ4n) is 2.09. The van der Waals surface area contributed by atoms with E-state index in [0.717, 1.165) is 12.1 Å². The summed E-state index contributed by atoms with van der Waals surface area (Å²) in [5.41, 5.74) is 5.32. The van der Waals surface area contributed by atoms with Crippen LogP contribution in [0.25, 0.3) is 0 Å². The standard InChI is InChI=1S/C14H18F3NO3/c1-4-13(2,3)11(12(19)20)9-7-8(5-6-10(9)18)21-14(15,16)17/h5-7,11H,4,18H2,1-3H3,(H,19,20). The van der Waals surface area contributed by atoms with Gasteiger partial charge in [-0.25, -0.2) is 0 Å². The van der Waals surface area contributed by atoms with Crippen molar-refractivity contribution in [3.05, 3.63) is 23.8 Å². The van der Waals surface area contributed by atoms with Crippen LogP contribution in [0.3, 0.4) is 0 Å². The number of carboxylic acid groups (broad SMARTS) is 1. The number of aliphatic carboxylic acids is 1. The zero-order valence-electron chi connectivity index (χ0n) is 12.0. The van der Waals surface area contributed by atoms with E-state index in [-0.39, 0.29) is 11.3 Å². The number of ether oxygens (including phenoxy) is 1. The zero-order chi connectivity index (χ0) is 16.4. The zero-order valence-corrected chi connectivity index (χ0v) is 12.0. The number of hydrogen-bond donors (Lipinski definition) is 2. The van der Waals surface area contributed by atoms with Crippen LogP contribution in [0.5, 0.6) is 5.75 Å². The number of carbonyl (C=O) groups is 1. The molecule has 1 aromatic carbocycles. The van der Waals surface area contributed by atoms with Gasteiger partial charge in [0, 0.05) is 5.69 Å². The fourth-order valence-corrected chi connectivity index (χ4v) is 2.09. The van der Waals surface area contributed by atoms with Gasteiger partial charge in [0.05, 0.1) is 5.92 Å². The van der Waals surface area contributed by atoms with Crippen molar-refractivity contribution in [1.29, 1.82) is 0 Å². The summed E-state index contributed by atoms with van der Waals surface area (Å²) in [6, 6.07) is 3.32. The summed E-state index contributed by atoms with van der Waals surface area (Å²) in [7, 11) is 0. The molecule has 0 aliphatic rings. The third-order valence-corrected chi connectivity index (χ3v) is 3.54. The SMILES string of the molecule is CCC(C)(C)C(C(=O)O)c1cc(OC(F)(F)F)ccc1N. The number of halogens is 3. The van der Waals surface area contributed by atoms with Crippen molar-refractivity contribution in [1.82, 2.24) is 0 Å². The molecule has 0 heterocycles. The van der Waals surface area contributed by atoms with Gasteiger partial charge in [0.15, 0.2) is 0 Å². The average molecular weight is 305 g/mol. The average Bonchev–Trinajstić information content (AvgIpc) is 2.31. The Balaban J connectivity index is 3.32. The van der Waals surface area contributed by atoms with Crippen LogP contribution in [0.4, 0.5) is 18.9 Å². The first-order valence-corrected chi connectivity index (χ1v) is 6.36. The summed E-state index contributed by atoms with van der Waals surface area (Å²) in [5, 5.41) is 9.42. The number of carboxylic acids is 1. The maximum atomic E-state index is 12.3. The van der Waals surface area contributed by atoms with Crippen LogP contribution in [0.2, 0.25) is 0 Å². The van der Waals surface area contributed by atoms with Crippen LogP contribution in [0.1, 0.15) is 38.7 Å². The normalized spacial score (nSPS) is 13.8. The van der Waals surface area contributed by atoms with Crippen molar-refractivity contribution < 1.29 is 27.8 Å². The number of rotatable bonds is 5. The molecule has 0 radical (unpaired) electrons. The molecule has 0 bridgehead atoms. The van der Waals surface area contributed by atoms with Gasteiger partial charge < -0.3 is 15.6 Å². The highest BCUT2D eigenvalue weighted by Crippen LogP contribution is 2.42. The van der Waals surface area contributed by atoms with Crippen molar-refractivity contribution in [3.63, 3.8) is 0 Å². The molecular formula is C14H18F3NO3. The Morgan fingerprint density at radius 3 is 2.38 bits per heavy atom. The van der Waals surface area contributed by atoms with Crippen LogP contribution >= 0.6 is 0 Å². The molecule has 1 rings (SSSR count). The van der Waals surface area contributed by atoms with E-state index in [9.17, 15) is 23.1 Å². The first kappa shape index (κ1) is 17.1. The van der Waals surface area contributed by atoms with Gasteiger partial charge in [-0.2, -0.15) is 0 Å². The summed E-state index contributed by atoms with van der Waals surface area (Å²) < 4.78 is 40.6. The van der Waals surface area contributed by atoms with Gasteiger partial charge in [-0.3, -0.25) is 4.79 Å². The van der Waals surface area contributed by atoms with Crippen molar-refractivity contribution in [2.75, 3.05) is 5.73 Å². The summed E-state index contributed by atoms with van der Waals surface area (Å²) >= 11 is 0. The molecule has 1 atom stereocenters. The van der Waals surface area contributed by atoms with E-state index in [4.69, 9.17) is 5.73 Å². The number of nitrogen functional groups attached to an aromatic ring is 1. The van der Waals surface area contributed by atoms with E-state index in [0.29, 0.717) is 6.42 Å². The first-order valence-electron chi connectivity index (χ1n) is 6.36. The van der Waals surface area contributed by atoms with Crippen LogP contribution in [-0.2, 0) is 4.79 Å². The van der Waals surface area contributed by atoms with Crippen molar-refractivity contribution in [3.8, 4) is 5.75 Å². The number of alkyl halides is 3. The van der Waals surface area contributed by atoms with E-state index < -0.39 is 29.4 Å². The lowest BCUT2D eigenvalue weighted by atomic mass is 9.72. The Kier molecular flexibility index (Phi) is 4.76. The monoisotopic (exact) mass is 305 g/mol. The van der Waals surface area contributed by atoms with E-state index in [1.807, 2.05) is 6.92 Å². The topological polar surface area (TPSA) is 72.5 Å². The molecule has 4 nitrogen and oxygen atoms in total. The molecule has 1 aromatic rings.